The van der Waals surface area contributed by atoms with Crippen LogP contribution in [0.15, 0.2) is 0 Å². The predicted octanol–water partition coefficient (Wildman–Crippen LogP) is 2.64. The molecule has 0 aliphatic heterocycles. The monoisotopic (exact) mass is 212 g/mol. The van der Waals surface area contributed by atoms with Crippen molar-refractivity contribution in [3.8, 4) is 0 Å². The standard InChI is InChI=1S/C13H28N2/c1-11(9-10-14-13(2,3)4)15(5)12-7-6-8-12/h11-12,14H,6-10H2,1-5H3. The Morgan fingerprint density at radius 1 is 1.33 bits per heavy atom. The van der Waals surface area contributed by atoms with Crippen LogP contribution in [0.1, 0.15) is 53.4 Å². The van der Waals surface area contributed by atoms with Crippen LogP contribution in [0.25, 0.3) is 0 Å². The summed E-state index contributed by atoms with van der Waals surface area (Å²) in [7, 11) is 2.28. The van der Waals surface area contributed by atoms with Gasteiger partial charge < -0.3 is 10.2 Å². The molecule has 1 saturated carbocycles. The normalized spacial score (nSPS) is 20.4. The molecule has 1 unspecified atom stereocenters. The SMILES string of the molecule is CC(CCNC(C)(C)C)N(C)C1CCC1. The van der Waals surface area contributed by atoms with Gasteiger partial charge in [-0.3, -0.25) is 0 Å². The molecular weight excluding hydrogens is 184 g/mol. The minimum Gasteiger partial charge on any atom is -0.312 e. The minimum absolute atomic E-state index is 0.259. The largest absolute Gasteiger partial charge is 0.312 e. The van der Waals surface area contributed by atoms with Gasteiger partial charge in [0, 0.05) is 17.6 Å². The molecule has 0 aromatic rings. The van der Waals surface area contributed by atoms with Crippen LogP contribution in [0.5, 0.6) is 0 Å². The predicted molar refractivity (Wildman–Crippen MR) is 67.2 cm³/mol. The van der Waals surface area contributed by atoms with E-state index in [9.17, 15) is 0 Å². The first-order valence-corrected chi connectivity index (χ1v) is 6.37. The van der Waals surface area contributed by atoms with E-state index in [4.69, 9.17) is 0 Å². The number of nitrogens with one attached hydrogen (secondary N) is 1. The molecule has 1 aliphatic carbocycles. The highest BCUT2D eigenvalue weighted by Gasteiger charge is 2.25. The van der Waals surface area contributed by atoms with Crippen molar-refractivity contribution in [2.45, 2.75) is 71.0 Å². The van der Waals surface area contributed by atoms with E-state index in [0.29, 0.717) is 6.04 Å². The van der Waals surface area contributed by atoms with Crippen LogP contribution < -0.4 is 5.32 Å². The molecule has 0 aromatic carbocycles. The van der Waals surface area contributed by atoms with E-state index in [0.717, 1.165) is 12.6 Å². The summed E-state index contributed by atoms with van der Waals surface area (Å²) in [5, 5.41) is 3.56. The molecular formula is C13H28N2. The van der Waals surface area contributed by atoms with Gasteiger partial charge in [-0.05, 0) is 60.5 Å². The molecule has 15 heavy (non-hydrogen) atoms. The average Bonchev–Trinajstić information content (AvgIpc) is 1.98. The Balaban J connectivity index is 2.14. The van der Waals surface area contributed by atoms with Crippen LogP contribution in [0.4, 0.5) is 0 Å². The van der Waals surface area contributed by atoms with Crippen molar-refractivity contribution in [1.29, 1.82) is 0 Å². The first kappa shape index (κ1) is 13.0. The Morgan fingerprint density at radius 2 is 1.93 bits per heavy atom. The number of nitrogens with zero attached hydrogens (tertiary/aromatic N) is 1. The Kier molecular flexibility index (Phi) is 4.60. The fourth-order valence-corrected chi connectivity index (χ4v) is 2.01. The lowest BCUT2D eigenvalue weighted by Gasteiger charge is -2.39. The minimum atomic E-state index is 0.259. The second kappa shape index (κ2) is 5.31. The maximum absolute atomic E-state index is 3.56. The van der Waals surface area contributed by atoms with Crippen molar-refractivity contribution in [2.75, 3.05) is 13.6 Å². The first-order chi connectivity index (χ1) is 6.90. The average molecular weight is 212 g/mol. The van der Waals surface area contributed by atoms with E-state index in [2.05, 4.69) is 45.0 Å². The number of rotatable bonds is 5. The van der Waals surface area contributed by atoms with E-state index in [1.54, 1.807) is 0 Å². The summed E-state index contributed by atoms with van der Waals surface area (Å²) in [4.78, 5) is 2.56. The smallest absolute Gasteiger partial charge is 0.00965 e. The highest BCUT2D eigenvalue weighted by Crippen LogP contribution is 2.25. The fraction of sp³-hybridized carbons (Fsp3) is 1.00. The summed E-state index contributed by atoms with van der Waals surface area (Å²) < 4.78 is 0. The van der Waals surface area contributed by atoms with Crippen molar-refractivity contribution in [1.82, 2.24) is 10.2 Å². The zero-order valence-corrected chi connectivity index (χ0v) is 11.1. The summed E-state index contributed by atoms with van der Waals surface area (Å²) in [6.07, 6.45) is 5.51. The van der Waals surface area contributed by atoms with Crippen LogP contribution in [0.2, 0.25) is 0 Å². The van der Waals surface area contributed by atoms with Crippen LogP contribution in [-0.4, -0.2) is 36.1 Å². The zero-order chi connectivity index (χ0) is 11.5. The van der Waals surface area contributed by atoms with Crippen LogP contribution in [0, 0.1) is 0 Å². The van der Waals surface area contributed by atoms with E-state index in [1.807, 2.05) is 0 Å². The molecule has 1 rings (SSSR count). The molecule has 2 nitrogen and oxygen atoms in total. The second-order valence-corrected chi connectivity index (χ2v) is 6.06. The number of hydrogen-bond acceptors (Lipinski definition) is 2. The molecule has 1 aliphatic rings. The summed E-state index contributed by atoms with van der Waals surface area (Å²) >= 11 is 0. The Labute approximate surface area is 95.4 Å². The quantitative estimate of drug-likeness (QED) is 0.753. The Hall–Kier alpha value is -0.0800. The molecule has 90 valence electrons. The van der Waals surface area contributed by atoms with E-state index < -0.39 is 0 Å². The maximum Gasteiger partial charge on any atom is 0.00965 e. The molecule has 0 heterocycles. The van der Waals surface area contributed by atoms with Crippen molar-refractivity contribution >= 4 is 0 Å². The van der Waals surface area contributed by atoms with Gasteiger partial charge in [0.15, 0.2) is 0 Å². The van der Waals surface area contributed by atoms with Crippen molar-refractivity contribution in [3.63, 3.8) is 0 Å². The highest BCUT2D eigenvalue weighted by atomic mass is 15.2. The van der Waals surface area contributed by atoms with E-state index in [-0.39, 0.29) is 5.54 Å². The summed E-state index contributed by atoms with van der Waals surface area (Å²) in [5.41, 5.74) is 0.259. The topological polar surface area (TPSA) is 15.3 Å². The zero-order valence-electron chi connectivity index (χ0n) is 11.1. The molecule has 1 N–H and O–H groups in total. The molecule has 1 atom stereocenters. The third-order valence-electron chi connectivity index (χ3n) is 3.56. The van der Waals surface area contributed by atoms with Crippen molar-refractivity contribution in [3.05, 3.63) is 0 Å². The van der Waals surface area contributed by atoms with Gasteiger partial charge in [0.2, 0.25) is 0 Å². The molecule has 0 bridgehead atoms. The molecule has 2 heteroatoms. The molecule has 0 radical (unpaired) electrons. The summed E-state index contributed by atoms with van der Waals surface area (Å²) in [5.74, 6) is 0. The molecule has 0 spiro atoms. The van der Waals surface area contributed by atoms with Crippen molar-refractivity contribution in [2.24, 2.45) is 0 Å². The maximum atomic E-state index is 3.56. The van der Waals surface area contributed by atoms with Crippen LogP contribution in [0.3, 0.4) is 0 Å². The van der Waals surface area contributed by atoms with Gasteiger partial charge in [0.1, 0.15) is 0 Å². The van der Waals surface area contributed by atoms with Gasteiger partial charge in [-0.25, -0.2) is 0 Å². The first-order valence-electron chi connectivity index (χ1n) is 6.37. The van der Waals surface area contributed by atoms with Gasteiger partial charge in [-0.1, -0.05) is 6.42 Å². The Bertz CT molecular complexity index is 179. The second-order valence-electron chi connectivity index (χ2n) is 6.06. The molecule has 0 amide bonds. The van der Waals surface area contributed by atoms with Gasteiger partial charge >= 0.3 is 0 Å². The third-order valence-corrected chi connectivity index (χ3v) is 3.56. The van der Waals surface area contributed by atoms with E-state index in [1.165, 1.54) is 25.7 Å². The van der Waals surface area contributed by atoms with Gasteiger partial charge in [0.25, 0.3) is 0 Å². The molecule has 1 fully saturated rings. The van der Waals surface area contributed by atoms with Gasteiger partial charge in [0.05, 0.1) is 0 Å². The fourth-order valence-electron chi connectivity index (χ4n) is 2.01. The van der Waals surface area contributed by atoms with Gasteiger partial charge in [-0.15, -0.1) is 0 Å². The van der Waals surface area contributed by atoms with Gasteiger partial charge in [-0.2, -0.15) is 0 Å². The summed E-state index contributed by atoms with van der Waals surface area (Å²) in [6, 6.07) is 1.58. The highest BCUT2D eigenvalue weighted by molar-refractivity contribution is 4.81. The molecule has 0 aromatic heterocycles. The Morgan fingerprint density at radius 3 is 2.33 bits per heavy atom. The summed E-state index contributed by atoms with van der Waals surface area (Å²) in [6.45, 7) is 10.2. The van der Waals surface area contributed by atoms with Crippen LogP contribution >= 0.6 is 0 Å². The molecule has 0 saturated heterocycles. The van der Waals surface area contributed by atoms with E-state index >= 15 is 0 Å². The lowest BCUT2D eigenvalue weighted by atomic mass is 9.90. The lowest BCUT2D eigenvalue weighted by molar-refractivity contribution is 0.112. The number of hydrogen-bond donors (Lipinski definition) is 1. The third kappa shape index (κ3) is 4.52. The van der Waals surface area contributed by atoms with Crippen molar-refractivity contribution < 1.29 is 0 Å². The van der Waals surface area contributed by atoms with Crippen LogP contribution in [-0.2, 0) is 0 Å². The lowest BCUT2D eigenvalue weighted by Crippen LogP contribution is -2.45.